The van der Waals surface area contributed by atoms with E-state index >= 15 is 0 Å². The van der Waals surface area contributed by atoms with Crippen LogP contribution in [0.3, 0.4) is 0 Å². The van der Waals surface area contributed by atoms with Crippen LogP contribution in [0.1, 0.15) is 44.9 Å². The van der Waals surface area contributed by atoms with E-state index in [0.717, 1.165) is 31.4 Å². The third-order valence-electron chi connectivity index (χ3n) is 4.79. The molecule has 1 atom stereocenters. The normalized spacial score (nSPS) is 17.5. The minimum Gasteiger partial charge on any atom is -0.496 e. The van der Waals surface area contributed by atoms with Gasteiger partial charge in [-0.1, -0.05) is 24.2 Å². The van der Waals surface area contributed by atoms with Crippen LogP contribution in [0.2, 0.25) is 0 Å². The number of hydrogen-bond acceptors (Lipinski definition) is 5. The molecule has 0 aliphatic carbocycles. The van der Waals surface area contributed by atoms with Crippen LogP contribution in [0.4, 0.5) is 0 Å². The molecule has 0 bridgehead atoms. The molecule has 1 fully saturated rings. The quantitative estimate of drug-likeness (QED) is 0.803. The lowest BCUT2D eigenvalue weighted by Gasteiger charge is -2.35. The molecule has 1 aromatic carbocycles. The maximum Gasteiger partial charge on any atom is 0.227 e. The third kappa shape index (κ3) is 4.00. The Morgan fingerprint density at radius 1 is 1.36 bits per heavy atom. The number of amides is 1. The molecular formula is C19H25N3O3. The van der Waals surface area contributed by atoms with Crippen LogP contribution >= 0.6 is 0 Å². The van der Waals surface area contributed by atoms with Crippen LogP contribution in [0.5, 0.6) is 5.75 Å². The smallest absolute Gasteiger partial charge is 0.227 e. The van der Waals surface area contributed by atoms with Crippen molar-refractivity contribution in [2.45, 2.75) is 51.5 Å². The van der Waals surface area contributed by atoms with E-state index in [-0.39, 0.29) is 5.91 Å². The summed E-state index contributed by atoms with van der Waals surface area (Å²) in [6, 6.07) is 7.92. The maximum absolute atomic E-state index is 12.5. The van der Waals surface area contributed by atoms with Gasteiger partial charge in [0.25, 0.3) is 0 Å². The minimum atomic E-state index is 0.184. The third-order valence-corrected chi connectivity index (χ3v) is 4.79. The van der Waals surface area contributed by atoms with Crippen molar-refractivity contribution in [2.24, 2.45) is 0 Å². The first-order chi connectivity index (χ1) is 12.2. The van der Waals surface area contributed by atoms with E-state index in [1.54, 1.807) is 7.11 Å². The number of piperidine rings is 1. The largest absolute Gasteiger partial charge is 0.496 e. The summed E-state index contributed by atoms with van der Waals surface area (Å²) < 4.78 is 10.7. The molecule has 0 spiro atoms. The predicted octanol–water partition coefficient (Wildman–Crippen LogP) is 3.47. The Hall–Kier alpha value is -2.37. The molecule has 3 rings (SSSR count). The fourth-order valence-corrected chi connectivity index (χ4v) is 3.41. The van der Waals surface area contributed by atoms with Gasteiger partial charge in [-0.3, -0.25) is 4.79 Å². The number of nitrogens with zero attached hydrogens (tertiary/aromatic N) is 3. The number of carbonyl (C=O) groups is 1. The van der Waals surface area contributed by atoms with Crippen LogP contribution in [-0.2, 0) is 11.2 Å². The Labute approximate surface area is 148 Å². The second kappa shape index (κ2) is 8.14. The standard InChI is InChI=1S/C19H25N3O3/c1-3-14-8-6-7-13-22(14)18(23)12-11-17-20-19(21-25-17)15-9-4-5-10-16(15)24-2/h4-5,9-10,14H,3,6-8,11-13H2,1-2H3/t14-/m1/s1. The van der Waals surface area contributed by atoms with Crippen molar-refractivity contribution >= 4 is 5.91 Å². The summed E-state index contributed by atoms with van der Waals surface area (Å²) in [7, 11) is 1.61. The SMILES string of the molecule is CC[C@@H]1CCCCN1C(=O)CCc1nc(-c2ccccc2OC)no1. The summed E-state index contributed by atoms with van der Waals surface area (Å²) in [6.07, 6.45) is 5.32. The molecule has 0 N–H and O–H groups in total. The minimum absolute atomic E-state index is 0.184. The van der Waals surface area contributed by atoms with Crippen molar-refractivity contribution in [1.82, 2.24) is 15.0 Å². The van der Waals surface area contributed by atoms with E-state index in [1.165, 1.54) is 6.42 Å². The Morgan fingerprint density at radius 2 is 2.20 bits per heavy atom. The fourth-order valence-electron chi connectivity index (χ4n) is 3.41. The van der Waals surface area contributed by atoms with Crippen molar-refractivity contribution < 1.29 is 14.1 Å². The van der Waals surface area contributed by atoms with E-state index in [0.29, 0.717) is 36.3 Å². The lowest BCUT2D eigenvalue weighted by atomic mass is 9.99. The predicted molar refractivity (Wildman–Crippen MR) is 94.3 cm³/mol. The van der Waals surface area contributed by atoms with Crippen molar-refractivity contribution in [2.75, 3.05) is 13.7 Å². The highest BCUT2D eigenvalue weighted by molar-refractivity contribution is 5.76. The number of benzene rings is 1. The van der Waals surface area contributed by atoms with Gasteiger partial charge in [0.05, 0.1) is 12.7 Å². The Kier molecular flexibility index (Phi) is 5.68. The molecule has 0 unspecified atom stereocenters. The molecule has 0 radical (unpaired) electrons. The monoisotopic (exact) mass is 343 g/mol. The molecule has 134 valence electrons. The molecule has 25 heavy (non-hydrogen) atoms. The van der Waals surface area contributed by atoms with Crippen molar-refractivity contribution in [1.29, 1.82) is 0 Å². The van der Waals surface area contributed by atoms with Crippen LogP contribution in [0.15, 0.2) is 28.8 Å². The second-order valence-electron chi connectivity index (χ2n) is 6.36. The molecule has 2 aromatic rings. The molecule has 2 heterocycles. The maximum atomic E-state index is 12.5. The highest BCUT2D eigenvalue weighted by Crippen LogP contribution is 2.27. The van der Waals surface area contributed by atoms with Gasteiger partial charge in [0, 0.05) is 25.4 Å². The van der Waals surface area contributed by atoms with E-state index in [9.17, 15) is 4.79 Å². The van der Waals surface area contributed by atoms with Gasteiger partial charge >= 0.3 is 0 Å². The number of para-hydroxylation sites is 1. The summed E-state index contributed by atoms with van der Waals surface area (Å²) in [5, 5.41) is 4.03. The second-order valence-corrected chi connectivity index (χ2v) is 6.36. The molecular weight excluding hydrogens is 318 g/mol. The van der Waals surface area contributed by atoms with Gasteiger partial charge in [-0.25, -0.2) is 0 Å². The van der Waals surface area contributed by atoms with Gasteiger partial charge in [0.1, 0.15) is 5.75 Å². The molecule has 1 aliphatic heterocycles. The average Bonchev–Trinajstić information content (AvgIpc) is 3.14. The zero-order valence-corrected chi connectivity index (χ0v) is 14.9. The first-order valence-electron chi connectivity index (χ1n) is 8.98. The van der Waals surface area contributed by atoms with Gasteiger partial charge in [-0.2, -0.15) is 4.98 Å². The number of methoxy groups -OCH3 is 1. The van der Waals surface area contributed by atoms with Crippen molar-refractivity contribution in [3.63, 3.8) is 0 Å². The van der Waals surface area contributed by atoms with Crippen molar-refractivity contribution in [3.05, 3.63) is 30.2 Å². The Morgan fingerprint density at radius 3 is 3.00 bits per heavy atom. The number of rotatable bonds is 6. The van der Waals surface area contributed by atoms with E-state index in [1.807, 2.05) is 29.2 Å². The first-order valence-corrected chi connectivity index (χ1v) is 8.98. The number of aromatic nitrogens is 2. The highest BCUT2D eigenvalue weighted by Gasteiger charge is 2.25. The summed E-state index contributed by atoms with van der Waals surface area (Å²) in [5.74, 6) is 1.86. The van der Waals surface area contributed by atoms with E-state index in [2.05, 4.69) is 17.1 Å². The number of ether oxygens (including phenoxy) is 1. The van der Waals surface area contributed by atoms with Crippen LogP contribution in [0.25, 0.3) is 11.4 Å². The van der Waals surface area contributed by atoms with Gasteiger partial charge in [-0.05, 0) is 37.8 Å². The van der Waals surface area contributed by atoms with Crippen LogP contribution in [0, 0.1) is 0 Å². The molecule has 1 aromatic heterocycles. The number of hydrogen-bond donors (Lipinski definition) is 0. The first kappa shape index (κ1) is 17.5. The van der Waals surface area contributed by atoms with Gasteiger partial charge in [0.15, 0.2) is 0 Å². The molecule has 1 aliphatic rings. The Balaban J connectivity index is 1.63. The molecule has 1 saturated heterocycles. The van der Waals surface area contributed by atoms with Gasteiger partial charge in [-0.15, -0.1) is 0 Å². The fraction of sp³-hybridized carbons (Fsp3) is 0.526. The number of carbonyl (C=O) groups excluding carboxylic acids is 1. The Bertz CT molecular complexity index is 713. The van der Waals surface area contributed by atoms with E-state index in [4.69, 9.17) is 9.26 Å². The van der Waals surface area contributed by atoms with Crippen LogP contribution in [-0.4, -0.2) is 40.6 Å². The molecule has 6 heteroatoms. The molecule has 6 nitrogen and oxygen atoms in total. The zero-order valence-electron chi connectivity index (χ0n) is 14.9. The topological polar surface area (TPSA) is 68.5 Å². The highest BCUT2D eigenvalue weighted by atomic mass is 16.5. The van der Waals surface area contributed by atoms with Crippen molar-refractivity contribution in [3.8, 4) is 17.1 Å². The number of aryl methyl sites for hydroxylation is 1. The summed E-state index contributed by atoms with van der Waals surface area (Å²) >= 11 is 0. The summed E-state index contributed by atoms with van der Waals surface area (Å²) in [4.78, 5) is 19.0. The lowest BCUT2D eigenvalue weighted by molar-refractivity contribution is -0.135. The lowest BCUT2D eigenvalue weighted by Crippen LogP contribution is -2.43. The van der Waals surface area contributed by atoms with E-state index < -0.39 is 0 Å². The molecule has 0 saturated carbocycles. The summed E-state index contributed by atoms with van der Waals surface area (Å²) in [5.41, 5.74) is 0.786. The molecule has 1 amide bonds. The van der Waals surface area contributed by atoms with Crippen LogP contribution < -0.4 is 4.74 Å². The average molecular weight is 343 g/mol. The summed E-state index contributed by atoms with van der Waals surface area (Å²) in [6.45, 7) is 3.02. The zero-order chi connectivity index (χ0) is 17.6. The number of likely N-dealkylation sites (tertiary alicyclic amines) is 1. The van der Waals surface area contributed by atoms with Gasteiger partial charge < -0.3 is 14.2 Å². The van der Waals surface area contributed by atoms with Gasteiger partial charge in [0.2, 0.25) is 17.6 Å².